The summed E-state index contributed by atoms with van der Waals surface area (Å²) in [4.78, 5) is 46.0. The van der Waals surface area contributed by atoms with Crippen molar-refractivity contribution in [1.82, 2.24) is 9.13 Å². The van der Waals surface area contributed by atoms with Crippen LogP contribution in [-0.4, -0.2) is 45.9 Å². The molecule has 5 aromatic rings. The number of thiophene rings is 2. The van der Waals surface area contributed by atoms with Crippen LogP contribution in [0.15, 0.2) is 33.9 Å². The number of rotatable bonds is 38. The summed E-state index contributed by atoms with van der Waals surface area (Å²) in [5.74, 6) is 0.999. The third-order valence-electron chi connectivity index (χ3n) is 15.8. The fourth-order valence-corrected chi connectivity index (χ4v) is 24.0. The van der Waals surface area contributed by atoms with E-state index in [0.717, 1.165) is 45.7 Å². The summed E-state index contributed by atoms with van der Waals surface area (Å²) in [5.41, 5.74) is 2.60. The van der Waals surface area contributed by atoms with Crippen molar-refractivity contribution in [3.05, 3.63) is 45.0 Å². The second-order valence-corrected chi connectivity index (χ2v) is 57.2. The molecule has 8 heteroatoms. The standard InChI is InChI=1S/C56H86N2O2S2.6CH3.2Sn/c1-5-9-13-17-21-23-27-31-35-45(33-29-25-19-15-11-7-3)43-57-51-37-39-61-53(51)47-42-50-48(41-49(47)55(57)59)54-52(38-40-62-54)58(56(50)60)44-46(34-30-26-20-16-12-8-4)36-32-28-24-22-18-14-10-6-2;;;;;;;;/h37-38,41-42,45-46H,5-36,43-44H2,1-4H3;6*1H3;;. The SMILES string of the molecule is CCCCCCCCCCC(CCCCCCCC)Cn1c(=O)c2cc3c(cc2c2s[c]([Sn]([CH3])([CH3])[CH3])cc21)c(=O)n(CC(CCCCCCCC)CCCCCCCCCC)c1c[c]([Sn]([CH3])([CH3])[CH3])sc31. The number of aromatic nitrogens is 2. The molecule has 5 rings (SSSR count). The van der Waals surface area contributed by atoms with Gasteiger partial charge in [0.05, 0.1) is 0 Å². The molecule has 4 nitrogen and oxygen atoms in total. The predicted octanol–water partition coefficient (Wildman–Crippen LogP) is 19.6. The van der Waals surface area contributed by atoms with Gasteiger partial charge >= 0.3 is 370 Å². The van der Waals surface area contributed by atoms with Crippen molar-refractivity contribution in [2.75, 3.05) is 0 Å². The third-order valence-corrected chi connectivity index (χ3v) is 37.0. The van der Waals surface area contributed by atoms with Gasteiger partial charge in [-0.05, 0) is 0 Å². The van der Waals surface area contributed by atoms with E-state index in [1.54, 1.807) is 0 Å². The summed E-state index contributed by atoms with van der Waals surface area (Å²) in [5, 5.41) is 3.68. The van der Waals surface area contributed by atoms with Crippen molar-refractivity contribution in [3.63, 3.8) is 0 Å². The monoisotopic (exact) mass is 1210 g/mol. The van der Waals surface area contributed by atoms with Crippen LogP contribution in [0.3, 0.4) is 0 Å². The van der Waals surface area contributed by atoms with E-state index >= 15 is 9.59 Å². The molecule has 0 N–H and O–H groups in total. The summed E-state index contributed by atoms with van der Waals surface area (Å²) in [7, 11) is 0. The zero-order chi connectivity index (χ0) is 50.5. The third kappa shape index (κ3) is 18.2. The summed E-state index contributed by atoms with van der Waals surface area (Å²) < 4.78 is 10.0. The first-order valence-electron chi connectivity index (χ1n) is 29.8. The molecule has 0 radical (unpaired) electrons. The molecule has 394 valence electrons. The zero-order valence-electron chi connectivity index (χ0n) is 47.0. The van der Waals surface area contributed by atoms with E-state index in [2.05, 4.69) is 90.7 Å². The van der Waals surface area contributed by atoms with Crippen LogP contribution in [0.25, 0.3) is 42.0 Å². The molecular formula is C62H104N2O2S2Sn2. The average molecular weight is 1210 g/mol. The second kappa shape index (κ2) is 31.3. The van der Waals surface area contributed by atoms with Gasteiger partial charge in [-0.25, -0.2) is 0 Å². The quantitative estimate of drug-likeness (QED) is 0.0225. The Labute approximate surface area is 445 Å². The molecule has 0 spiro atoms. The molecule has 1 aromatic carbocycles. The van der Waals surface area contributed by atoms with Gasteiger partial charge in [0.15, 0.2) is 0 Å². The topological polar surface area (TPSA) is 44.0 Å². The van der Waals surface area contributed by atoms with Gasteiger partial charge in [0, 0.05) is 0 Å². The van der Waals surface area contributed by atoms with Crippen molar-refractivity contribution in [2.45, 2.75) is 276 Å². The van der Waals surface area contributed by atoms with Gasteiger partial charge in [-0.1, -0.05) is 79.1 Å². The van der Waals surface area contributed by atoms with Gasteiger partial charge in [0.1, 0.15) is 0 Å². The zero-order valence-corrected chi connectivity index (χ0v) is 54.4. The Balaban J connectivity index is 1.58. The van der Waals surface area contributed by atoms with Crippen LogP contribution in [0.1, 0.15) is 233 Å². The predicted molar refractivity (Wildman–Crippen MR) is 324 cm³/mol. The average Bonchev–Trinajstić information content (AvgIpc) is 4.00. The minimum atomic E-state index is -2.56. The van der Waals surface area contributed by atoms with Gasteiger partial charge in [-0.2, -0.15) is 0 Å². The Kier molecular flexibility index (Phi) is 26.8. The number of unbranched alkanes of at least 4 members (excludes halogenated alkanes) is 24. The van der Waals surface area contributed by atoms with Gasteiger partial charge in [0.25, 0.3) is 0 Å². The van der Waals surface area contributed by atoms with E-state index in [1.165, 1.54) is 221 Å². The van der Waals surface area contributed by atoms with Crippen molar-refractivity contribution >= 4 is 107 Å². The van der Waals surface area contributed by atoms with Gasteiger partial charge in [-0.15, -0.1) is 0 Å². The Hall–Kier alpha value is -0.843. The summed E-state index contributed by atoms with van der Waals surface area (Å²) in [6, 6.07) is 9.32. The van der Waals surface area contributed by atoms with E-state index in [4.69, 9.17) is 0 Å². The Morgan fingerprint density at radius 3 is 0.886 bits per heavy atom. The van der Waals surface area contributed by atoms with Crippen LogP contribution >= 0.6 is 22.7 Å². The molecule has 0 bridgehead atoms. The first kappa shape index (κ1) is 60.0. The Bertz CT molecular complexity index is 2240. The number of benzene rings is 1. The molecule has 4 aromatic heterocycles. The van der Waals surface area contributed by atoms with Crippen molar-refractivity contribution in [3.8, 4) is 0 Å². The van der Waals surface area contributed by atoms with E-state index in [1.807, 2.05) is 22.7 Å². The first-order chi connectivity index (χ1) is 33.7. The molecule has 0 aliphatic carbocycles. The van der Waals surface area contributed by atoms with Gasteiger partial charge in [-0.3, -0.25) is 0 Å². The number of pyridine rings is 2. The van der Waals surface area contributed by atoms with Crippen LogP contribution in [0.4, 0.5) is 0 Å². The Morgan fingerprint density at radius 2 is 0.629 bits per heavy atom. The Morgan fingerprint density at radius 1 is 0.371 bits per heavy atom. The van der Waals surface area contributed by atoms with E-state index in [-0.39, 0.29) is 11.1 Å². The maximum absolute atomic E-state index is 15.4. The van der Waals surface area contributed by atoms with E-state index in [0.29, 0.717) is 11.8 Å². The molecular weight excluding hydrogens is 1110 g/mol. The molecule has 0 saturated carbocycles. The molecule has 0 amide bonds. The van der Waals surface area contributed by atoms with Crippen molar-refractivity contribution in [1.29, 1.82) is 0 Å². The molecule has 0 aliphatic heterocycles. The molecule has 0 fully saturated rings. The molecule has 2 unspecified atom stereocenters. The molecule has 0 saturated heterocycles. The van der Waals surface area contributed by atoms with Crippen LogP contribution in [-0.2, 0) is 13.1 Å². The number of nitrogens with zero attached hydrogens (tertiary/aromatic N) is 2. The minimum absolute atomic E-state index is 0.162. The fraction of sp³-hybridized carbons (Fsp3) is 0.742. The van der Waals surface area contributed by atoms with Gasteiger partial charge in [0.2, 0.25) is 0 Å². The summed E-state index contributed by atoms with van der Waals surface area (Å²) in [6.07, 6.45) is 41.9. The molecule has 70 heavy (non-hydrogen) atoms. The first-order valence-corrected chi connectivity index (χ1v) is 51.5. The van der Waals surface area contributed by atoms with E-state index < -0.39 is 36.8 Å². The van der Waals surface area contributed by atoms with Crippen LogP contribution < -0.4 is 16.9 Å². The maximum atomic E-state index is 15.4. The number of hydrogen-bond acceptors (Lipinski definition) is 4. The van der Waals surface area contributed by atoms with Crippen LogP contribution in [0.5, 0.6) is 0 Å². The van der Waals surface area contributed by atoms with Crippen LogP contribution in [0.2, 0.25) is 29.6 Å². The van der Waals surface area contributed by atoms with Crippen molar-refractivity contribution < 1.29 is 0 Å². The van der Waals surface area contributed by atoms with E-state index in [9.17, 15) is 0 Å². The number of fused-ring (bicyclic) bond motifs is 6. The van der Waals surface area contributed by atoms with Gasteiger partial charge < -0.3 is 0 Å². The fourth-order valence-electron chi connectivity index (χ4n) is 11.2. The molecule has 4 heterocycles. The summed E-state index contributed by atoms with van der Waals surface area (Å²) >= 11 is -1.21. The normalized spacial score (nSPS) is 13.5. The second-order valence-electron chi connectivity index (χ2n) is 24.3. The summed E-state index contributed by atoms with van der Waals surface area (Å²) in [6.45, 7) is 10.8. The van der Waals surface area contributed by atoms with Crippen molar-refractivity contribution in [2.24, 2.45) is 11.8 Å². The molecule has 0 aliphatic rings. The van der Waals surface area contributed by atoms with Crippen LogP contribution in [0, 0.1) is 11.8 Å². The number of hydrogen-bond donors (Lipinski definition) is 0. The molecule has 2 atom stereocenters.